The van der Waals surface area contributed by atoms with Crippen LogP contribution >= 0.6 is 11.6 Å². The Hall–Kier alpha value is -1.80. The summed E-state index contributed by atoms with van der Waals surface area (Å²) in [5.41, 5.74) is 0.738. The minimum atomic E-state index is -5.08. The Kier molecular flexibility index (Phi) is 7.89. The van der Waals surface area contributed by atoms with Gasteiger partial charge in [-0.3, -0.25) is 4.79 Å². The van der Waals surface area contributed by atoms with Crippen LogP contribution in [0.4, 0.5) is 13.2 Å². The summed E-state index contributed by atoms with van der Waals surface area (Å²) in [5.74, 6) is -2.68. The normalized spacial score (nSPS) is 16.5. The van der Waals surface area contributed by atoms with Gasteiger partial charge in [0.25, 0.3) is 5.91 Å². The van der Waals surface area contributed by atoms with Gasteiger partial charge in [0.2, 0.25) is 0 Å². The Labute approximate surface area is 155 Å². The van der Waals surface area contributed by atoms with E-state index in [1.165, 1.54) is 0 Å². The molecule has 1 aliphatic heterocycles. The van der Waals surface area contributed by atoms with Gasteiger partial charge in [0.05, 0.1) is 0 Å². The van der Waals surface area contributed by atoms with E-state index in [-0.39, 0.29) is 11.4 Å². The van der Waals surface area contributed by atoms with Crippen LogP contribution in [0, 0.1) is 0 Å². The number of carbonyl (C=O) groups is 2. The average Bonchev–Trinajstić information content (AvgIpc) is 2.60. The van der Waals surface area contributed by atoms with Crippen molar-refractivity contribution in [3.8, 4) is 0 Å². The first kappa shape index (κ1) is 22.2. The smallest absolute Gasteiger partial charge is 0.475 e. The molecular formula is C17H22ClF3N2O3. The number of piperazine rings is 1. The Balaban J connectivity index is 0.000000412. The predicted octanol–water partition coefficient (Wildman–Crippen LogP) is 3.58. The summed E-state index contributed by atoms with van der Waals surface area (Å²) in [5, 5.41) is 11.3. The summed E-state index contributed by atoms with van der Waals surface area (Å²) in [6.07, 6.45) is -3.02. The van der Waals surface area contributed by atoms with E-state index in [4.69, 9.17) is 21.5 Å². The minimum Gasteiger partial charge on any atom is -0.475 e. The number of hydrogen-bond acceptors (Lipinski definition) is 3. The largest absolute Gasteiger partial charge is 0.490 e. The first-order valence-corrected chi connectivity index (χ1v) is 8.52. The molecule has 1 saturated heterocycles. The van der Waals surface area contributed by atoms with Gasteiger partial charge in [0.1, 0.15) is 0 Å². The monoisotopic (exact) mass is 394 g/mol. The Morgan fingerprint density at radius 3 is 2.35 bits per heavy atom. The molecule has 0 aromatic heterocycles. The van der Waals surface area contributed by atoms with Gasteiger partial charge < -0.3 is 15.3 Å². The molecule has 26 heavy (non-hydrogen) atoms. The highest BCUT2D eigenvalue weighted by Gasteiger charge is 2.38. The fourth-order valence-electron chi connectivity index (χ4n) is 2.66. The van der Waals surface area contributed by atoms with Crippen molar-refractivity contribution in [3.63, 3.8) is 0 Å². The maximum atomic E-state index is 12.5. The molecule has 5 nitrogen and oxygen atoms in total. The molecule has 1 aromatic rings. The number of benzene rings is 1. The van der Waals surface area contributed by atoms with Gasteiger partial charge in [-0.1, -0.05) is 31.5 Å². The fraction of sp³-hybridized carbons (Fsp3) is 0.529. The van der Waals surface area contributed by atoms with Crippen molar-refractivity contribution in [1.82, 2.24) is 10.2 Å². The second-order valence-corrected chi connectivity index (χ2v) is 6.39. The molecule has 0 atom stereocenters. The molecule has 2 rings (SSSR count). The van der Waals surface area contributed by atoms with Crippen molar-refractivity contribution in [2.45, 2.75) is 38.4 Å². The molecule has 1 aromatic carbocycles. The van der Waals surface area contributed by atoms with Gasteiger partial charge in [-0.15, -0.1) is 0 Å². The summed E-state index contributed by atoms with van der Waals surface area (Å²) < 4.78 is 31.7. The SMILES string of the molecule is CCC1(CC)CN(C(=O)c2cccc(Cl)c2)CCN1.O=C(O)C(F)(F)F. The summed E-state index contributed by atoms with van der Waals surface area (Å²) in [6.45, 7) is 6.72. The minimum absolute atomic E-state index is 0.0620. The van der Waals surface area contributed by atoms with Crippen LogP contribution in [0.2, 0.25) is 5.02 Å². The van der Waals surface area contributed by atoms with Crippen molar-refractivity contribution in [1.29, 1.82) is 0 Å². The molecule has 0 radical (unpaired) electrons. The van der Waals surface area contributed by atoms with Crippen LogP contribution in [0.5, 0.6) is 0 Å². The number of hydrogen-bond donors (Lipinski definition) is 2. The number of nitrogens with zero attached hydrogens (tertiary/aromatic N) is 1. The third-order valence-corrected chi connectivity index (χ3v) is 4.57. The lowest BCUT2D eigenvalue weighted by Gasteiger charge is -2.43. The van der Waals surface area contributed by atoms with Crippen molar-refractivity contribution < 1.29 is 27.9 Å². The van der Waals surface area contributed by atoms with Crippen LogP contribution in [0.25, 0.3) is 0 Å². The molecule has 0 spiro atoms. The lowest BCUT2D eigenvalue weighted by atomic mass is 9.90. The first-order chi connectivity index (χ1) is 12.0. The third kappa shape index (κ3) is 6.17. The van der Waals surface area contributed by atoms with Gasteiger partial charge in [-0.2, -0.15) is 13.2 Å². The number of alkyl halides is 3. The molecule has 1 aliphatic rings. The zero-order chi connectivity index (χ0) is 20.0. The molecule has 1 amide bonds. The van der Waals surface area contributed by atoms with Crippen molar-refractivity contribution >= 4 is 23.5 Å². The van der Waals surface area contributed by atoms with Gasteiger partial charge in [0, 0.05) is 35.8 Å². The molecule has 1 fully saturated rings. The second-order valence-electron chi connectivity index (χ2n) is 5.95. The summed E-state index contributed by atoms with van der Waals surface area (Å²) in [6, 6.07) is 7.18. The van der Waals surface area contributed by atoms with Crippen LogP contribution < -0.4 is 5.32 Å². The van der Waals surface area contributed by atoms with E-state index < -0.39 is 12.1 Å². The molecule has 146 valence electrons. The summed E-state index contributed by atoms with van der Waals surface area (Å²) in [4.78, 5) is 23.3. The zero-order valence-electron chi connectivity index (χ0n) is 14.6. The van der Waals surface area contributed by atoms with E-state index in [1.54, 1.807) is 12.1 Å². The Morgan fingerprint density at radius 1 is 1.31 bits per heavy atom. The third-order valence-electron chi connectivity index (χ3n) is 4.33. The number of carboxylic acid groups (broad SMARTS) is 1. The Morgan fingerprint density at radius 2 is 1.88 bits per heavy atom. The lowest BCUT2D eigenvalue weighted by molar-refractivity contribution is -0.192. The number of carboxylic acids is 1. The molecule has 0 unspecified atom stereocenters. The topological polar surface area (TPSA) is 69.6 Å². The standard InChI is InChI=1S/C15H21ClN2O.C2HF3O2/c1-3-15(4-2)11-18(9-8-17-15)14(19)12-6-5-7-13(16)10-12;3-2(4,5)1(6)7/h5-7,10,17H,3-4,8-9,11H2,1-2H3;(H,6,7). The van der Waals surface area contributed by atoms with Gasteiger partial charge in [-0.05, 0) is 31.0 Å². The van der Waals surface area contributed by atoms with Crippen LogP contribution in [0.1, 0.15) is 37.0 Å². The molecule has 1 heterocycles. The molecular weight excluding hydrogens is 373 g/mol. The van der Waals surface area contributed by atoms with Crippen LogP contribution in [0.3, 0.4) is 0 Å². The molecule has 9 heteroatoms. The quantitative estimate of drug-likeness (QED) is 0.822. The maximum absolute atomic E-state index is 12.5. The van der Waals surface area contributed by atoms with Gasteiger partial charge >= 0.3 is 12.1 Å². The number of carbonyl (C=O) groups excluding carboxylic acids is 1. The van der Waals surface area contributed by atoms with E-state index >= 15 is 0 Å². The summed E-state index contributed by atoms with van der Waals surface area (Å²) in [7, 11) is 0. The number of aliphatic carboxylic acids is 1. The molecule has 2 N–H and O–H groups in total. The number of nitrogens with one attached hydrogen (secondary N) is 1. The first-order valence-electron chi connectivity index (χ1n) is 8.14. The van der Waals surface area contributed by atoms with E-state index in [1.807, 2.05) is 17.0 Å². The predicted molar refractivity (Wildman–Crippen MR) is 92.4 cm³/mol. The van der Waals surface area contributed by atoms with Crippen LogP contribution in [0.15, 0.2) is 24.3 Å². The van der Waals surface area contributed by atoms with E-state index in [9.17, 15) is 18.0 Å². The average molecular weight is 395 g/mol. The van der Waals surface area contributed by atoms with Gasteiger partial charge in [0.15, 0.2) is 0 Å². The summed E-state index contributed by atoms with van der Waals surface area (Å²) >= 11 is 5.96. The van der Waals surface area contributed by atoms with E-state index in [2.05, 4.69) is 19.2 Å². The van der Waals surface area contributed by atoms with Crippen LogP contribution in [-0.4, -0.2) is 53.2 Å². The molecule has 0 saturated carbocycles. The molecule has 0 bridgehead atoms. The van der Waals surface area contributed by atoms with Gasteiger partial charge in [-0.25, -0.2) is 4.79 Å². The van der Waals surface area contributed by atoms with E-state index in [0.717, 1.165) is 32.5 Å². The zero-order valence-corrected chi connectivity index (χ0v) is 15.3. The highest BCUT2D eigenvalue weighted by atomic mass is 35.5. The molecule has 0 aliphatic carbocycles. The lowest BCUT2D eigenvalue weighted by Crippen LogP contribution is -2.61. The maximum Gasteiger partial charge on any atom is 0.490 e. The van der Waals surface area contributed by atoms with Crippen molar-refractivity contribution in [2.24, 2.45) is 0 Å². The number of rotatable bonds is 3. The number of amides is 1. The van der Waals surface area contributed by atoms with E-state index in [0.29, 0.717) is 10.6 Å². The highest BCUT2D eigenvalue weighted by molar-refractivity contribution is 6.30. The Bertz CT molecular complexity index is 634. The van der Waals surface area contributed by atoms with Crippen molar-refractivity contribution in [2.75, 3.05) is 19.6 Å². The van der Waals surface area contributed by atoms with Crippen LogP contribution in [-0.2, 0) is 4.79 Å². The fourth-order valence-corrected chi connectivity index (χ4v) is 2.85. The number of halogens is 4. The second kappa shape index (κ2) is 9.23. The van der Waals surface area contributed by atoms with Crippen molar-refractivity contribution in [3.05, 3.63) is 34.9 Å². The highest BCUT2D eigenvalue weighted by Crippen LogP contribution is 2.22.